The lowest BCUT2D eigenvalue weighted by molar-refractivity contribution is 0.0805. The number of hydrogen-bond acceptors (Lipinski definition) is 3. The second-order valence-corrected chi connectivity index (χ2v) is 5.62. The molecule has 0 fully saturated rings. The molecule has 1 N–H and O–H groups in total. The molecule has 0 heterocycles. The van der Waals surface area contributed by atoms with E-state index in [9.17, 15) is 4.79 Å². The van der Waals surface area contributed by atoms with Gasteiger partial charge in [0.05, 0.1) is 17.7 Å². The van der Waals surface area contributed by atoms with E-state index >= 15 is 0 Å². The zero-order chi connectivity index (χ0) is 15.1. The summed E-state index contributed by atoms with van der Waals surface area (Å²) in [6, 6.07) is 4.58. The van der Waals surface area contributed by atoms with Gasteiger partial charge in [0.2, 0.25) is 0 Å². The smallest absolute Gasteiger partial charge is 0.181 e. The number of ketones is 1. The van der Waals surface area contributed by atoms with Gasteiger partial charge in [-0.2, -0.15) is 0 Å². The van der Waals surface area contributed by atoms with Crippen LogP contribution < -0.4 is 0 Å². The van der Waals surface area contributed by atoms with Crippen molar-refractivity contribution in [3.8, 4) is 0 Å². The number of hydrogen-bond donors (Lipinski definition) is 1. The summed E-state index contributed by atoms with van der Waals surface area (Å²) in [5.74, 6) is -0.0452. The predicted molar refractivity (Wildman–Crippen MR) is 83.8 cm³/mol. The van der Waals surface area contributed by atoms with Gasteiger partial charge in [-0.1, -0.05) is 36.5 Å². The molecule has 1 rings (SSSR count). The number of unbranched alkanes of at least 4 members (excludes halogenated alkanes) is 1. The van der Waals surface area contributed by atoms with Gasteiger partial charge in [0, 0.05) is 17.1 Å². The number of aliphatic hydroxyl groups is 1. The molecule has 0 bridgehead atoms. The maximum absolute atomic E-state index is 12.5. The van der Waals surface area contributed by atoms with Crippen molar-refractivity contribution in [2.45, 2.75) is 32.7 Å². The van der Waals surface area contributed by atoms with Gasteiger partial charge in [-0.05, 0) is 38.1 Å². The van der Waals surface area contributed by atoms with Gasteiger partial charge in [-0.15, -0.1) is 0 Å². The maximum atomic E-state index is 12.5. The molecule has 112 valence electrons. The fourth-order valence-corrected chi connectivity index (χ4v) is 2.57. The van der Waals surface area contributed by atoms with Crippen LogP contribution in [0.25, 0.3) is 0 Å². The van der Waals surface area contributed by atoms with Crippen LogP contribution in [0.1, 0.15) is 37.0 Å². The minimum Gasteiger partial charge on any atom is -0.395 e. The average Bonchev–Trinajstić information content (AvgIpc) is 2.42. The van der Waals surface area contributed by atoms with Gasteiger partial charge in [0.15, 0.2) is 5.78 Å². The van der Waals surface area contributed by atoms with E-state index in [1.54, 1.807) is 18.2 Å². The van der Waals surface area contributed by atoms with Gasteiger partial charge in [-0.3, -0.25) is 9.69 Å². The standard InChI is InChI=1S/C15H21Cl2NO2/c1-3-4-7-18(8-9-19)11(2)15(20)13-6-5-12(16)10-14(13)17/h5-6,10-11,19H,3-4,7-9H2,1-2H3. The monoisotopic (exact) mass is 317 g/mol. The second-order valence-electron chi connectivity index (χ2n) is 4.78. The zero-order valence-corrected chi connectivity index (χ0v) is 13.4. The molecule has 0 radical (unpaired) electrons. The second kappa shape index (κ2) is 8.63. The topological polar surface area (TPSA) is 40.5 Å². The van der Waals surface area contributed by atoms with Crippen LogP contribution in [-0.4, -0.2) is 41.5 Å². The Bertz CT molecular complexity index is 451. The summed E-state index contributed by atoms with van der Waals surface area (Å²) in [5, 5.41) is 10.0. The van der Waals surface area contributed by atoms with Gasteiger partial charge in [0.1, 0.15) is 0 Å². The molecule has 0 aromatic heterocycles. The first kappa shape index (κ1) is 17.4. The quantitative estimate of drug-likeness (QED) is 0.744. The van der Waals surface area contributed by atoms with Crippen LogP contribution in [0.2, 0.25) is 10.0 Å². The van der Waals surface area contributed by atoms with Crippen LogP contribution >= 0.6 is 23.2 Å². The van der Waals surface area contributed by atoms with E-state index < -0.39 is 0 Å². The van der Waals surface area contributed by atoms with Gasteiger partial charge in [-0.25, -0.2) is 0 Å². The molecule has 0 aliphatic carbocycles. The highest BCUT2D eigenvalue weighted by Crippen LogP contribution is 2.23. The summed E-state index contributed by atoms with van der Waals surface area (Å²) >= 11 is 11.9. The van der Waals surface area contributed by atoms with Crippen LogP contribution in [0.5, 0.6) is 0 Å². The third-order valence-corrected chi connectivity index (χ3v) is 3.86. The fraction of sp³-hybridized carbons (Fsp3) is 0.533. The van der Waals surface area contributed by atoms with Crippen LogP contribution in [0, 0.1) is 0 Å². The molecule has 5 heteroatoms. The Morgan fingerprint density at radius 3 is 2.60 bits per heavy atom. The molecule has 1 atom stereocenters. The number of aliphatic hydroxyl groups excluding tert-OH is 1. The van der Waals surface area contributed by atoms with Crippen LogP contribution in [0.3, 0.4) is 0 Å². The molecule has 0 aliphatic heterocycles. The Labute approximate surface area is 130 Å². The summed E-state index contributed by atoms with van der Waals surface area (Å²) in [7, 11) is 0. The van der Waals surface area contributed by atoms with E-state index in [0.29, 0.717) is 22.2 Å². The molecular weight excluding hydrogens is 297 g/mol. The number of halogens is 2. The summed E-state index contributed by atoms with van der Waals surface area (Å²) in [5.41, 5.74) is 0.475. The zero-order valence-electron chi connectivity index (χ0n) is 11.9. The summed E-state index contributed by atoms with van der Waals surface area (Å²) in [4.78, 5) is 14.5. The summed E-state index contributed by atoms with van der Waals surface area (Å²) in [6.45, 7) is 5.25. The lowest BCUT2D eigenvalue weighted by atomic mass is 10.0. The van der Waals surface area contributed by atoms with Crippen molar-refractivity contribution in [2.24, 2.45) is 0 Å². The average molecular weight is 318 g/mol. The Morgan fingerprint density at radius 1 is 1.35 bits per heavy atom. The molecule has 20 heavy (non-hydrogen) atoms. The Morgan fingerprint density at radius 2 is 2.05 bits per heavy atom. The molecule has 0 saturated carbocycles. The first-order valence-electron chi connectivity index (χ1n) is 6.85. The van der Waals surface area contributed by atoms with E-state index in [0.717, 1.165) is 19.4 Å². The lowest BCUT2D eigenvalue weighted by Gasteiger charge is -2.27. The molecule has 0 aliphatic rings. The molecule has 0 amide bonds. The fourth-order valence-electron chi connectivity index (χ4n) is 2.07. The minimum atomic E-state index is -0.313. The van der Waals surface area contributed by atoms with Crippen molar-refractivity contribution in [2.75, 3.05) is 19.7 Å². The number of rotatable bonds is 8. The molecule has 3 nitrogen and oxygen atoms in total. The number of nitrogens with zero attached hydrogens (tertiary/aromatic N) is 1. The Kier molecular flexibility index (Phi) is 7.52. The Hall–Kier alpha value is -0.610. The first-order chi connectivity index (χ1) is 9.51. The SMILES string of the molecule is CCCCN(CCO)C(C)C(=O)c1ccc(Cl)cc1Cl. The predicted octanol–water partition coefficient (Wildman–Crippen LogP) is 3.66. The van der Waals surface area contributed by atoms with E-state index in [1.807, 2.05) is 11.8 Å². The molecule has 1 aromatic carbocycles. The van der Waals surface area contributed by atoms with Crippen molar-refractivity contribution in [1.82, 2.24) is 4.90 Å². The summed E-state index contributed by atoms with van der Waals surface area (Å²) < 4.78 is 0. The number of carbonyl (C=O) groups excluding carboxylic acids is 1. The highest BCUT2D eigenvalue weighted by Gasteiger charge is 2.23. The van der Waals surface area contributed by atoms with Crippen molar-refractivity contribution < 1.29 is 9.90 Å². The largest absolute Gasteiger partial charge is 0.395 e. The van der Waals surface area contributed by atoms with Crippen LogP contribution in [0.15, 0.2) is 18.2 Å². The van der Waals surface area contributed by atoms with Crippen molar-refractivity contribution >= 4 is 29.0 Å². The molecular formula is C15H21Cl2NO2. The van der Waals surface area contributed by atoms with Crippen LogP contribution in [-0.2, 0) is 0 Å². The highest BCUT2D eigenvalue weighted by atomic mass is 35.5. The first-order valence-corrected chi connectivity index (χ1v) is 7.61. The maximum Gasteiger partial charge on any atom is 0.181 e. The number of benzene rings is 1. The van der Waals surface area contributed by atoms with Gasteiger partial charge in [0.25, 0.3) is 0 Å². The number of Topliss-reactive ketones (excluding diaryl/α,β-unsaturated/α-hetero) is 1. The molecule has 0 spiro atoms. The van der Waals surface area contributed by atoms with E-state index in [1.165, 1.54) is 0 Å². The molecule has 1 aromatic rings. The van der Waals surface area contributed by atoms with Crippen molar-refractivity contribution in [3.63, 3.8) is 0 Å². The van der Waals surface area contributed by atoms with E-state index in [4.69, 9.17) is 28.3 Å². The molecule has 1 unspecified atom stereocenters. The Balaban J connectivity index is 2.86. The van der Waals surface area contributed by atoms with E-state index in [-0.39, 0.29) is 18.4 Å². The van der Waals surface area contributed by atoms with Gasteiger partial charge < -0.3 is 5.11 Å². The van der Waals surface area contributed by atoms with Crippen molar-refractivity contribution in [3.05, 3.63) is 33.8 Å². The number of carbonyl (C=O) groups is 1. The molecule has 0 saturated heterocycles. The minimum absolute atomic E-state index is 0.0374. The van der Waals surface area contributed by atoms with E-state index in [2.05, 4.69) is 6.92 Å². The third-order valence-electron chi connectivity index (χ3n) is 3.31. The van der Waals surface area contributed by atoms with Crippen molar-refractivity contribution in [1.29, 1.82) is 0 Å². The normalized spacial score (nSPS) is 12.7. The lowest BCUT2D eigenvalue weighted by Crippen LogP contribution is -2.41. The third kappa shape index (κ3) is 4.74. The van der Waals surface area contributed by atoms with Gasteiger partial charge >= 0.3 is 0 Å². The summed E-state index contributed by atoms with van der Waals surface area (Å²) in [6.07, 6.45) is 2.04. The van der Waals surface area contributed by atoms with Crippen LogP contribution in [0.4, 0.5) is 0 Å². The highest BCUT2D eigenvalue weighted by molar-refractivity contribution is 6.37.